The van der Waals surface area contributed by atoms with E-state index in [0.717, 1.165) is 51.4 Å². The first-order valence-electron chi connectivity index (χ1n) is 14.3. The van der Waals surface area contributed by atoms with Crippen LogP contribution in [0.2, 0.25) is 0 Å². The number of fused-ring (bicyclic) bond motifs is 5. The van der Waals surface area contributed by atoms with E-state index in [9.17, 15) is 25.5 Å². The monoisotopic (exact) mass is 480 g/mol. The third kappa shape index (κ3) is 4.20. The molecule has 0 radical (unpaired) electrons. The van der Waals surface area contributed by atoms with Gasteiger partial charge < -0.3 is 25.5 Å². The van der Waals surface area contributed by atoms with Gasteiger partial charge in [0, 0.05) is 18.9 Å². The molecule has 0 bridgehead atoms. The van der Waals surface area contributed by atoms with Crippen molar-refractivity contribution in [1.29, 1.82) is 0 Å². The van der Waals surface area contributed by atoms with E-state index in [0.29, 0.717) is 36.5 Å². The molecule has 0 amide bonds. The SMILES string of the molecule is CC(C)[C@H](CCO)CC[C@@H](C)[C@H]1C[C@@H](O)[C@@H]2[C@]1(C)CC[C@@H]1[C@@]3(C)CC[C@H](O)C[C@@H]3[C@H](O)C[C@]12O. The van der Waals surface area contributed by atoms with Crippen molar-refractivity contribution in [1.82, 2.24) is 0 Å². The van der Waals surface area contributed by atoms with E-state index in [4.69, 9.17) is 0 Å². The molecule has 0 spiro atoms. The fourth-order valence-corrected chi connectivity index (χ4v) is 10.1. The van der Waals surface area contributed by atoms with Crippen molar-refractivity contribution in [3.8, 4) is 0 Å². The normalized spacial score (nSPS) is 50.4. The summed E-state index contributed by atoms with van der Waals surface area (Å²) in [6.45, 7) is 11.6. The Balaban J connectivity index is 1.56. The zero-order valence-corrected chi connectivity index (χ0v) is 22.3. The predicted octanol–water partition coefficient (Wildman–Crippen LogP) is 4.13. The first-order valence-corrected chi connectivity index (χ1v) is 14.3. The molecule has 198 valence electrons. The van der Waals surface area contributed by atoms with Crippen molar-refractivity contribution in [2.75, 3.05) is 6.61 Å². The van der Waals surface area contributed by atoms with Crippen molar-refractivity contribution < 1.29 is 25.5 Å². The maximum absolute atomic E-state index is 12.4. The Morgan fingerprint density at radius 1 is 0.853 bits per heavy atom. The third-order valence-corrected chi connectivity index (χ3v) is 11.9. The highest BCUT2D eigenvalue weighted by atomic mass is 16.3. The summed E-state index contributed by atoms with van der Waals surface area (Å²) in [5.41, 5.74) is -1.37. The Hall–Kier alpha value is -0.200. The molecule has 5 nitrogen and oxygen atoms in total. The zero-order chi connectivity index (χ0) is 25.1. The van der Waals surface area contributed by atoms with E-state index in [1.165, 1.54) is 0 Å². The van der Waals surface area contributed by atoms with Gasteiger partial charge in [0.25, 0.3) is 0 Å². The molecule has 5 N–H and O–H groups in total. The Morgan fingerprint density at radius 2 is 1.53 bits per heavy atom. The van der Waals surface area contributed by atoms with Gasteiger partial charge in [-0.3, -0.25) is 0 Å². The van der Waals surface area contributed by atoms with Crippen LogP contribution in [-0.2, 0) is 0 Å². The highest BCUT2D eigenvalue weighted by Crippen LogP contribution is 2.69. The summed E-state index contributed by atoms with van der Waals surface area (Å²) in [6.07, 6.45) is 6.74. The highest BCUT2D eigenvalue weighted by molar-refractivity contribution is 5.20. The molecule has 4 rings (SSSR count). The van der Waals surface area contributed by atoms with Gasteiger partial charge in [-0.2, -0.15) is 0 Å². The molecule has 0 aromatic heterocycles. The summed E-state index contributed by atoms with van der Waals surface area (Å²) in [5, 5.41) is 54.8. The maximum Gasteiger partial charge on any atom is 0.0763 e. The third-order valence-electron chi connectivity index (χ3n) is 11.9. The van der Waals surface area contributed by atoms with Gasteiger partial charge in [-0.15, -0.1) is 0 Å². The average Bonchev–Trinajstić information content (AvgIpc) is 3.03. The number of rotatable bonds is 7. The quantitative estimate of drug-likeness (QED) is 0.377. The minimum Gasteiger partial charge on any atom is -0.396 e. The van der Waals surface area contributed by atoms with Crippen molar-refractivity contribution in [2.24, 2.45) is 52.3 Å². The molecule has 5 heteroatoms. The predicted molar refractivity (Wildman–Crippen MR) is 134 cm³/mol. The van der Waals surface area contributed by atoms with Crippen LogP contribution in [0.15, 0.2) is 0 Å². The van der Waals surface area contributed by atoms with Gasteiger partial charge in [0.15, 0.2) is 0 Å². The molecule has 0 aliphatic heterocycles. The molecule has 4 saturated carbocycles. The molecule has 12 atom stereocenters. The second kappa shape index (κ2) is 9.59. The van der Waals surface area contributed by atoms with E-state index >= 15 is 0 Å². The Morgan fingerprint density at radius 3 is 2.18 bits per heavy atom. The Labute approximate surface area is 207 Å². The molecule has 0 aromatic rings. The molecule has 4 aliphatic carbocycles. The molecule has 4 aliphatic rings. The summed E-state index contributed by atoms with van der Waals surface area (Å²) in [6, 6.07) is 0. The smallest absolute Gasteiger partial charge is 0.0763 e. The van der Waals surface area contributed by atoms with E-state index in [2.05, 4.69) is 34.6 Å². The second-order valence-electron chi connectivity index (χ2n) is 13.9. The van der Waals surface area contributed by atoms with E-state index < -0.39 is 17.8 Å². The maximum atomic E-state index is 12.4. The summed E-state index contributed by atoms with van der Waals surface area (Å²) in [5.74, 6) is 1.77. The summed E-state index contributed by atoms with van der Waals surface area (Å²) >= 11 is 0. The van der Waals surface area contributed by atoms with Crippen LogP contribution in [0.3, 0.4) is 0 Å². The van der Waals surface area contributed by atoms with Crippen LogP contribution >= 0.6 is 0 Å². The number of hydrogen-bond donors (Lipinski definition) is 5. The van der Waals surface area contributed by atoms with Crippen molar-refractivity contribution in [3.63, 3.8) is 0 Å². The van der Waals surface area contributed by atoms with Crippen LogP contribution in [0, 0.1) is 52.3 Å². The second-order valence-corrected chi connectivity index (χ2v) is 13.9. The standard InChI is InChI=1S/C29H52O5/c1-17(2)19(10-13-30)7-6-18(3)21-15-23(32)26-28(21,5)12-9-25-27(4)11-8-20(31)14-22(27)24(33)16-29(25,26)34/h17-26,30-34H,6-16H2,1-5H3/t18-,19+,20+,21-,22-,23-,24-,25-,26-,27+,28-,29+/m1/s1. The van der Waals surface area contributed by atoms with Crippen LogP contribution in [0.5, 0.6) is 0 Å². The molecule has 0 aromatic carbocycles. The van der Waals surface area contributed by atoms with Gasteiger partial charge in [-0.05, 0) is 97.7 Å². The molecule has 4 fully saturated rings. The number of aliphatic hydroxyl groups is 5. The Kier molecular flexibility index (Phi) is 7.58. The number of aliphatic hydroxyl groups excluding tert-OH is 4. The van der Waals surface area contributed by atoms with Crippen LogP contribution in [0.4, 0.5) is 0 Å². The lowest BCUT2D eigenvalue weighted by Crippen LogP contribution is -2.68. The lowest BCUT2D eigenvalue weighted by atomic mass is 9.42. The molecule has 0 heterocycles. The average molecular weight is 481 g/mol. The minimum absolute atomic E-state index is 0.0265. The molecule has 34 heavy (non-hydrogen) atoms. The molecule has 0 unspecified atom stereocenters. The van der Waals surface area contributed by atoms with Crippen molar-refractivity contribution >= 4 is 0 Å². The molecular formula is C29H52O5. The van der Waals surface area contributed by atoms with Crippen LogP contribution in [0.25, 0.3) is 0 Å². The fraction of sp³-hybridized carbons (Fsp3) is 1.00. The Bertz CT molecular complexity index is 713. The van der Waals surface area contributed by atoms with Gasteiger partial charge >= 0.3 is 0 Å². The van der Waals surface area contributed by atoms with E-state index in [1.807, 2.05) is 0 Å². The molecule has 0 saturated heterocycles. The van der Waals surface area contributed by atoms with Crippen LogP contribution in [0.1, 0.15) is 98.8 Å². The van der Waals surface area contributed by atoms with E-state index in [-0.39, 0.29) is 41.3 Å². The van der Waals surface area contributed by atoms with Gasteiger partial charge in [0.1, 0.15) is 0 Å². The van der Waals surface area contributed by atoms with Gasteiger partial charge in [0.05, 0.1) is 23.9 Å². The highest BCUT2D eigenvalue weighted by Gasteiger charge is 2.70. The summed E-state index contributed by atoms with van der Waals surface area (Å²) in [7, 11) is 0. The largest absolute Gasteiger partial charge is 0.396 e. The summed E-state index contributed by atoms with van der Waals surface area (Å²) < 4.78 is 0. The topological polar surface area (TPSA) is 101 Å². The van der Waals surface area contributed by atoms with Crippen LogP contribution < -0.4 is 0 Å². The molecular weight excluding hydrogens is 428 g/mol. The van der Waals surface area contributed by atoms with Crippen molar-refractivity contribution in [2.45, 2.75) is 123 Å². The van der Waals surface area contributed by atoms with Gasteiger partial charge in [-0.25, -0.2) is 0 Å². The fourth-order valence-electron chi connectivity index (χ4n) is 10.1. The van der Waals surface area contributed by atoms with Crippen LogP contribution in [-0.4, -0.2) is 56.1 Å². The van der Waals surface area contributed by atoms with Gasteiger partial charge in [-0.1, -0.05) is 41.0 Å². The lowest BCUT2D eigenvalue weighted by Gasteiger charge is -2.66. The lowest BCUT2D eigenvalue weighted by molar-refractivity contribution is -0.263. The number of hydrogen-bond acceptors (Lipinski definition) is 5. The van der Waals surface area contributed by atoms with Gasteiger partial charge in [0.2, 0.25) is 0 Å². The first-order chi connectivity index (χ1) is 15.9. The summed E-state index contributed by atoms with van der Waals surface area (Å²) in [4.78, 5) is 0. The first kappa shape index (κ1) is 26.9. The van der Waals surface area contributed by atoms with E-state index in [1.54, 1.807) is 0 Å². The zero-order valence-electron chi connectivity index (χ0n) is 22.3. The van der Waals surface area contributed by atoms with Crippen molar-refractivity contribution in [3.05, 3.63) is 0 Å². The minimum atomic E-state index is -1.05.